The van der Waals surface area contributed by atoms with Gasteiger partial charge in [-0.05, 0) is 68.5 Å². The van der Waals surface area contributed by atoms with Crippen LogP contribution in [0.5, 0.6) is 5.75 Å². The molecule has 3 rings (SSSR count). The Labute approximate surface area is 169 Å². The third kappa shape index (κ3) is 4.56. The van der Waals surface area contributed by atoms with Crippen molar-refractivity contribution in [3.8, 4) is 5.75 Å². The monoisotopic (exact) mass is 404 g/mol. The zero-order valence-electron chi connectivity index (χ0n) is 16.1. The van der Waals surface area contributed by atoms with Gasteiger partial charge in [-0.3, -0.25) is 9.59 Å². The SMILES string of the molecule is Cc1cc(OCC2(O)CCCN(C(=O)c3ccc[nH]c3=O)CC2)cc(C)c1Cl. The Bertz CT molecular complexity index is 904. The molecule has 2 N–H and O–H groups in total. The summed E-state index contributed by atoms with van der Waals surface area (Å²) in [6.07, 6.45) is 3.04. The van der Waals surface area contributed by atoms with Crippen LogP contribution in [0.25, 0.3) is 0 Å². The Morgan fingerprint density at radius 2 is 2.00 bits per heavy atom. The molecule has 2 aromatic rings. The van der Waals surface area contributed by atoms with Gasteiger partial charge < -0.3 is 19.7 Å². The number of hydrogen-bond donors (Lipinski definition) is 2. The Hall–Kier alpha value is -2.31. The first kappa shape index (κ1) is 20.4. The van der Waals surface area contributed by atoms with Crippen LogP contribution in [0.1, 0.15) is 40.7 Å². The highest BCUT2D eigenvalue weighted by atomic mass is 35.5. The number of aromatic nitrogens is 1. The van der Waals surface area contributed by atoms with Crippen LogP contribution in [0.4, 0.5) is 0 Å². The fourth-order valence-electron chi connectivity index (χ4n) is 3.49. The van der Waals surface area contributed by atoms with Gasteiger partial charge in [0.15, 0.2) is 0 Å². The lowest BCUT2D eigenvalue weighted by Crippen LogP contribution is -2.39. The zero-order valence-corrected chi connectivity index (χ0v) is 16.9. The number of hydrogen-bond acceptors (Lipinski definition) is 4. The molecule has 0 radical (unpaired) electrons. The molecular formula is C21H25ClN2O4. The number of H-pyrrole nitrogens is 1. The molecule has 7 heteroatoms. The molecule has 2 heterocycles. The number of pyridine rings is 1. The minimum Gasteiger partial charge on any atom is -0.491 e. The van der Waals surface area contributed by atoms with Crippen molar-refractivity contribution < 1.29 is 14.6 Å². The van der Waals surface area contributed by atoms with E-state index in [-0.39, 0.29) is 18.1 Å². The molecule has 1 fully saturated rings. The van der Waals surface area contributed by atoms with Gasteiger partial charge in [0.25, 0.3) is 11.5 Å². The van der Waals surface area contributed by atoms with Gasteiger partial charge in [-0.25, -0.2) is 0 Å². The van der Waals surface area contributed by atoms with Crippen molar-refractivity contribution in [3.05, 3.63) is 62.5 Å². The van der Waals surface area contributed by atoms with Gasteiger partial charge >= 0.3 is 0 Å². The topological polar surface area (TPSA) is 82.6 Å². The smallest absolute Gasteiger partial charge is 0.260 e. The summed E-state index contributed by atoms with van der Waals surface area (Å²) < 4.78 is 5.85. The molecule has 1 aromatic heterocycles. The lowest BCUT2D eigenvalue weighted by Gasteiger charge is -2.27. The van der Waals surface area contributed by atoms with Gasteiger partial charge in [-0.15, -0.1) is 0 Å². The lowest BCUT2D eigenvalue weighted by molar-refractivity contribution is -0.0163. The fourth-order valence-corrected chi connectivity index (χ4v) is 3.60. The highest BCUT2D eigenvalue weighted by Crippen LogP contribution is 2.28. The number of aryl methyl sites for hydroxylation is 2. The minimum absolute atomic E-state index is 0.122. The van der Waals surface area contributed by atoms with Crippen molar-refractivity contribution in [1.82, 2.24) is 9.88 Å². The standard InChI is InChI=1S/C21H25ClN2O4/c1-14-11-16(12-15(2)18(14)22)28-13-21(27)6-4-9-24(10-7-21)20(26)17-5-3-8-23-19(17)25/h3,5,8,11-12,27H,4,6-7,9-10,13H2,1-2H3,(H,23,25). The first-order valence-electron chi connectivity index (χ1n) is 9.38. The molecule has 0 spiro atoms. The normalized spacial score (nSPS) is 19.9. The van der Waals surface area contributed by atoms with Crippen LogP contribution in [0.15, 0.2) is 35.3 Å². The summed E-state index contributed by atoms with van der Waals surface area (Å²) in [6, 6.07) is 6.86. The molecule has 1 aliphatic rings. The molecular weight excluding hydrogens is 380 g/mol. The molecule has 0 saturated carbocycles. The average Bonchev–Trinajstić information content (AvgIpc) is 2.86. The van der Waals surface area contributed by atoms with Crippen molar-refractivity contribution >= 4 is 17.5 Å². The Morgan fingerprint density at radius 1 is 1.29 bits per heavy atom. The van der Waals surface area contributed by atoms with Crippen LogP contribution >= 0.6 is 11.6 Å². The number of rotatable bonds is 4. The van der Waals surface area contributed by atoms with Crippen molar-refractivity contribution in [1.29, 1.82) is 0 Å². The number of likely N-dealkylation sites (tertiary alicyclic amines) is 1. The minimum atomic E-state index is -1.03. The Morgan fingerprint density at radius 3 is 2.68 bits per heavy atom. The van der Waals surface area contributed by atoms with E-state index in [9.17, 15) is 14.7 Å². The summed E-state index contributed by atoms with van der Waals surface area (Å²) in [5.41, 5.74) is 0.545. The maximum Gasteiger partial charge on any atom is 0.260 e. The van der Waals surface area contributed by atoms with Crippen LogP contribution < -0.4 is 10.3 Å². The molecule has 1 saturated heterocycles. The van der Waals surface area contributed by atoms with E-state index in [0.717, 1.165) is 11.1 Å². The van der Waals surface area contributed by atoms with Gasteiger partial charge in [0.05, 0.1) is 0 Å². The molecule has 1 unspecified atom stereocenters. The number of nitrogens with zero attached hydrogens (tertiary/aromatic N) is 1. The van der Waals surface area contributed by atoms with Gasteiger partial charge in [0.2, 0.25) is 0 Å². The summed E-state index contributed by atoms with van der Waals surface area (Å²) >= 11 is 6.19. The molecule has 0 aliphatic carbocycles. The van der Waals surface area contributed by atoms with E-state index in [1.807, 2.05) is 26.0 Å². The molecule has 1 amide bonds. The number of carbonyl (C=O) groups is 1. The molecule has 0 bridgehead atoms. The molecule has 1 aliphatic heterocycles. The van der Waals surface area contributed by atoms with Crippen LogP contribution in [0, 0.1) is 13.8 Å². The van der Waals surface area contributed by atoms with E-state index < -0.39 is 11.2 Å². The summed E-state index contributed by atoms with van der Waals surface area (Å²) in [6.45, 7) is 4.83. The van der Waals surface area contributed by atoms with Crippen molar-refractivity contribution in [2.24, 2.45) is 0 Å². The Kier molecular flexibility index (Phi) is 6.10. The Balaban J connectivity index is 1.64. The maximum atomic E-state index is 12.7. The van der Waals surface area contributed by atoms with E-state index in [1.165, 1.54) is 12.3 Å². The number of carbonyl (C=O) groups excluding carboxylic acids is 1. The van der Waals surface area contributed by atoms with Gasteiger partial charge in [0.1, 0.15) is 23.5 Å². The predicted octanol–water partition coefficient (Wildman–Crippen LogP) is 3.08. The highest BCUT2D eigenvalue weighted by Gasteiger charge is 2.33. The van der Waals surface area contributed by atoms with Crippen molar-refractivity contribution in [2.45, 2.75) is 38.7 Å². The second kappa shape index (κ2) is 8.37. The fraction of sp³-hybridized carbons (Fsp3) is 0.429. The first-order chi connectivity index (χ1) is 13.3. The summed E-state index contributed by atoms with van der Waals surface area (Å²) in [5.74, 6) is 0.358. The second-order valence-corrected chi connectivity index (χ2v) is 7.82. The van der Waals surface area contributed by atoms with Crippen LogP contribution in [-0.4, -0.2) is 46.2 Å². The van der Waals surface area contributed by atoms with E-state index in [1.54, 1.807) is 11.0 Å². The predicted molar refractivity (Wildman–Crippen MR) is 108 cm³/mol. The second-order valence-electron chi connectivity index (χ2n) is 7.44. The third-order valence-corrected chi connectivity index (χ3v) is 5.77. The summed E-state index contributed by atoms with van der Waals surface area (Å²) in [4.78, 5) is 28.7. The molecule has 1 aromatic carbocycles. The maximum absolute atomic E-state index is 12.7. The largest absolute Gasteiger partial charge is 0.491 e. The van der Waals surface area contributed by atoms with E-state index in [0.29, 0.717) is 43.1 Å². The number of aromatic amines is 1. The average molecular weight is 405 g/mol. The third-order valence-electron chi connectivity index (χ3n) is 5.17. The summed E-state index contributed by atoms with van der Waals surface area (Å²) in [7, 11) is 0. The van der Waals surface area contributed by atoms with E-state index >= 15 is 0 Å². The number of halogens is 1. The van der Waals surface area contributed by atoms with E-state index in [2.05, 4.69) is 4.98 Å². The van der Waals surface area contributed by atoms with E-state index in [4.69, 9.17) is 16.3 Å². The highest BCUT2D eigenvalue weighted by molar-refractivity contribution is 6.32. The van der Waals surface area contributed by atoms with Crippen molar-refractivity contribution in [3.63, 3.8) is 0 Å². The van der Waals surface area contributed by atoms with Gasteiger partial charge in [0, 0.05) is 24.3 Å². The number of amides is 1. The number of nitrogens with one attached hydrogen (secondary N) is 1. The van der Waals surface area contributed by atoms with Crippen LogP contribution in [0.3, 0.4) is 0 Å². The van der Waals surface area contributed by atoms with Gasteiger partial charge in [-0.1, -0.05) is 11.6 Å². The van der Waals surface area contributed by atoms with Crippen LogP contribution in [-0.2, 0) is 0 Å². The zero-order chi connectivity index (χ0) is 20.3. The quantitative estimate of drug-likeness (QED) is 0.820. The number of benzene rings is 1. The number of aliphatic hydroxyl groups is 1. The lowest BCUT2D eigenvalue weighted by atomic mass is 9.96. The van der Waals surface area contributed by atoms with Gasteiger partial charge in [-0.2, -0.15) is 0 Å². The van der Waals surface area contributed by atoms with Crippen LogP contribution in [0.2, 0.25) is 5.02 Å². The van der Waals surface area contributed by atoms with Crippen molar-refractivity contribution in [2.75, 3.05) is 19.7 Å². The molecule has 1 atom stereocenters. The first-order valence-corrected chi connectivity index (χ1v) is 9.76. The summed E-state index contributed by atoms with van der Waals surface area (Å²) in [5, 5.41) is 11.7. The molecule has 150 valence electrons. The molecule has 28 heavy (non-hydrogen) atoms. The molecule has 6 nitrogen and oxygen atoms in total. The number of ether oxygens (including phenoxy) is 1.